The van der Waals surface area contributed by atoms with Gasteiger partial charge in [0.25, 0.3) is 0 Å². The van der Waals surface area contributed by atoms with Gasteiger partial charge in [0.1, 0.15) is 29.4 Å². The Labute approximate surface area is 210 Å². The van der Waals surface area contributed by atoms with Gasteiger partial charge in [-0.1, -0.05) is 6.92 Å². The number of nitrogens with zero attached hydrogens (tertiary/aromatic N) is 3. The molecule has 1 unspecified atom stereocenters. The summed E-state index contributed by atoms with van der Waals surface area (Å²) >= 11 is 3.20. The summed E-state index contributed by atoms with van der Waals surface area (Å²) in [5.41, 5.74) is 5.44. The zero-order chi connectivity index (χ0) is 24.0. The molecule has 4 aromatic rings. The van der Waals surface area contributed by atoms with Gasteiger partial charge in [-0.25, -0.2) is 14.6 Å². The van der Waals surface area contributed by atoms with Crippen LogP contribution in [0.15, 0.2) is 39.3 Å². The van der Waals surface area contributed by atoms with Crippen molar-refractivity contribution in [2.75, 3.05) is 32.9 Å². The van der Waals surface area contributed by atoms with Crippen LogP contribution in [0.3, 0.4) is 0 Å². The van der Waals surface area contributed by atoms with Gasteiger partial charge in [0, 0.05) is 43.3 Å². The van der Waals surface area contributed by atoms with Crippen LogP contribution in [0.4, 0.5) is 0 Å². The number of furan rings is 1. The van der Waals surface area contributed by atoms with E-state index in [2.05, 4.69) is 22.7 Å². The smallest absolute Gasteiger partial charge is 0.196 e. The van der Waals surface area contributed by atoms with E-state index in [1.54, 1.807) is 25.6 Å². The maximum atomic E-state index is 6.24. The zero-order valence-corrected chi connectivity index (χ0v) is 21.3. The number of hydrogen-bond acceptors (Lipinski definition) is 10. The van der Waals surface area contributed by atoms with E-state index in [0.29, 0.717) is 29.4 Å². The molecule has 2 aliphatic rings. The third-order valence-corrected chi connectivity index (χ3v) is 8.65. The first-order chi connectivity index (χ1) is 17.0. The van der Waals surface area contributed by atoms with Gasteiger partial charge in [0.2, 0.25) is 0 Å². The molecule has 5 heterocycles. The minimum Gasteiger partial charge on any atom is -0.496 e. The van der Waals surface area contributed by atoms with Crippen molar-refractivity contribution in [1.82, 2.24) is 14.6 Å². The van der Waals surface area contributed by atoms with E-state index < -0.39 is 0 Å². The fourth-order valence-electron chi connectivity index (χ4n) is 4.28. The molecule has 0 aliphatic carbocycles. The van der Waals surface area contributed by atoms with Crippen molar-refractivity contribution in [3.8, 4) is 23.0 Å². The van der Waals surface area contributed by atoms with E-state index in [1.807, 2.05) is 29.1 Å². The third kappa shape index (κ3) is 4.26. The van der Waals surface area contributed by atoms with Crippen LogP contribution in [-0.2, 0) is 21.5 Å². The number of methoxy groups -OCH3 is 2. The van der Waals surface area contributed by atoms with Crippen LogP contribution in [-0.4, -0.2) is 47.6 Å². The van der Waals surface area contributed by atoms with Gasteiger partial charge in [-0.05, 0) is 30.7 Å². The van der Waals surface area contributed by atoms with Crippen LogP contribution in [0.5, 0.6) is 11.5 Å². The SMILES string of the molecule is COc1cc(OCc2csc(C3(C)CCOCC3)n2)c2cc(-c3cn4c(n3)SC(OC)N4)oc2c1. The maximum absolute atomic E-state index is 6.24. The van der Waals surface area contributed by atoms with Gasteiger partial charge in [-0.2, -0.15) is 0 Å². The normalized spacial score (nSPS) is 19.0. The van der Waals surface area contributed by atoms with Crippen molar-refractivity contribution >= 4 is 34.1 Å². The molecule has 184 valence electrons. The van der Waals surface area contributed by atoms with Crippen molar-refractivity contribution in [2.24, 2.45) is 0 Å². The number of ether oxygens (including phenoxy) is 4. The Balaban J connectivity index is 1.25. The molecule has 35 heavy (non-hydrogen) atoms. The molecular weight excluding hydrogens is 488 g/mol. The van der Waals surface area contributed by atoms with Crippen LogP contribution in [0, 0.1) is 0 Å². The lowest BCUT2D eigenvalue weighted by atomic mass is 9.83. The fourth-order valence-corrected chi connectivity index (χ4v) is 6.13. The standard InChI is InChI=1S/C24H26N4O5S2/c1-24(4-6-31-7-5-24)21-25-14(13-34-21)12-32-18-8-15(29-2)9-19-16(18)10-20(33-19)17-11-28-22(26-17)35-23(27-28)30-3/h8-11,13,23,27H,4-7,12H2,1-3H3. The van der Waals surface area contributed by atoms with Crippen molar-refractivity contribution < 1.29 is 23.4 Å². The lowest BCUT2D eigenvalue weighted by Crippen LogP contribution is -2.30. The highest BCUT2D eigenvalue weighted by atomic mass is 32.2. The van der Waals surface area contributed by atoms with Gasteiger partial charge < -0.3 is 23.4 Å². The Bertz CT molecular complexity index is 1330. The summed E-state index contributed by atoms with van der Waals surface area (Å²) in [6.45, 7) is 4.21. The summed E-state index contributed by atoms with van der Waals surface area (Å²) < 4.78 is 30.6. The van der Waals surface area contributed by atoms with Crippen molar-refractivity contribution in [1.29, 1.82) is 0 Å². The molecule has 1 atom stereocenters. The molecule has 0 saturated carbocycles. The lowest BCUT2D eigenvalue weighted by molar-refractivity contribution is 0.0563. The molecule has 3 aromatic heterocycles. The molecule has 6 rings (SSSR count). The van der Waals surface area contributed by atoms with Crippen LogP contribution >= 0.6 is 23.1 Å². The summed E-state index contributed by atoms with van der Waals surface area (Å²) in [6.07, 6.45) is 3.88. The Hall–Kier alpha value is -2.73. The van der Waals surface area contributed by atoms with E-state index in [-0.39, 0.29) is 11.0 Å². The summed E-state index contributed by atoms with van der Waals surface area (Å²) in [7, 11) is 3.29. The van der Waals surface area contributed by atoms with Crippen LogP contribution in [0.25, 0.3) is 22.4 Å². The fraction of sp³-hybridized carbons (Fsp3) is 0.417. The number of benzene rings is 1. The van der Waals surface area contributed by atoms with Gasteiger partial charge >= 0.3 is 0 Å². The molecule has 11 heteroatoms. The average Bonchev–Trinajstić information content (AvgIpc) is 3.65. The summed E-state index contributed by atoms with van der Waals surface area (Å²) in [6, 6.07) is 5.69. The first-order valence-corrected chi connectivity index (χ1v) is 13.1. The average molecular weight is 515 g/mol. The van der Waals surface area contributed by atoms with E-state index >= 15 is 0 Å². The van der Waals surface area contributed by atoms with Gasteiger partial charge in [0.05, 0.1) is 29.4 Å². The minimum atomic E-state index is -0.147. The van der Waals surface area contributed by atoms with Crippen LogP contribution in [0.1, 0.15) is 30.5 Å². The molecule has 0 bridgehead atoms. The number of aromatic nitrogens is 3. The molecule has 1 N–H and O–H groups in total. The highest BCUT2D eigenvalue weighted by Gasteiger charge is 2.32. The van der Waals surface area contributed by atoms with Crippen LogP contribution < -0.4 is 14.9 Å². The number of fused-ring (bicyclic) bond motifs is 2. The van der Waals surface area contributed by atoms with Gasteiger partial charge in [-0.15, -0.1) is 11.3 Å². The molecular formula is C24H26N4O5S2. The predicted molar refractivity (Wildman–Crippen MR) is 134 cm³/mol. The monoisotopic (exact) mass is 514 g/mol. The quantitative estimate of drug-likeness (QED) is 0.366. The highest BCUT2D eigenvalue weighted by Crippen LogP contribution is 2.39. The zero-order valence-electron chi connectivity index (χ0n) is 19.7. The predicted octanol–water partition coefficient (Wildman–Crippen LogP) is 4.99. The van der Waals surface area contributed by atoms with Crippen molar-refractivity contribution in [3.63, 3.8) is 0 Å². The first kappa shape index (κ1) is 22.7. The molecule has 0 amide bonds. The second-order valence-corrected chi connectivity index (χ2v) is 10.7. The summed E-state index contributed by atoms with van der Waals surface area (Å²) in [5.74, 6) is 1.99. The third-order valence-electron chi connectivity index (χ3n) is 6.45. The molecule has 0 radical (unpaired) electrons. The molecule has 2 aliphatic heterocycles. The van der Waals surface area contributed by atoms with E-state index in [4.69, 9.17) is 28.3 Å². The number of imidazole rings is 1. The Morgan fingerprint density at radius 3 is 2.83 bits per heavy atom. The second kappa shape index (κ2) is 9.05. The topological polar surface area (TPSA) is 92.8 Å². The van der Waals surface area contributed by atoms with Crippen molar-refractivity contribution in [2.45, 2.75) is 42.5 Å². The largest absolute Gasteiger partial charge is 0.496 e. The molecule has 0 spiro atoms. The highest BCUT2D eigenvalue weighted by molar-refractivity contribution is 7.99. The molecule has 1 fully saturated rings. The number of nitrogens with one attached hydrogen (secondary N) is 1. The molecule has 1 saturated heterocycles. The molecule has 9 nitrogen and oxygen atoms in total. The van der Waals surface area contributed by atoms with Crippen LogP contribution in [0.2, 0.25) is 0 Å². The Kier molecular flexibility index (Phi) is 5.87. The second-order valence-electron chi connectivity index (χ2n) is 8.85. The van der Waals surface area contributed by atoms with Gasteiger partial charge in [-0.3, -0.25) is 5.43 Å². The first-order valence-electron chi connectivity index (χ1n) is 11.4. The van der Waals surface area contributed by atoms with Gasteiger partial charge in [0.15, 0.2) is 16.5 Å². The molecule has 1 aromatic carbocycles. The van der Waals surface area contributed by atoms with E-state index in [9.17, 15) is 0 Å². The summed E-state index contributed by atoms with van der Waals surface area (Å²) in [5, 5.41) is 4.91. The van der Waals surface area contributed by atoms with Crippen molar-refractivity contribution in [3.05, 3.63) is 40.5 Å². The lowest BCUT2D eigenvalue weighted by Gasteiger charge is -2.31. The van der Waals surface area contributed by atoms with E-state index in [1.165, 1.54) is 11.8 Å². The maximum Gasteiger partial charge on any atom is 0.196 e. The summed E-state index contributed by atoms with van der Waals surface area (Å²) in [4.78, 5) is 9.56. The number of thioether (sulfide) groups is 1. The van der Waals surface area contributed by atoms with E-state index in [0.717, 1.165) is 53.0 Å². The number of rotatable bonds is 7. The Morgan fingerprint density at radius 1 is 1.20 bits per heavy atom. The minimum absolute atomic E-state index is 0.0745. The Morgan fingerprint density at radius 2 is 2.06 bits per heavy atom. The number of hydrogen-bond donors (Lipinski definition) is 1. The number of thiazole rings is 1.